The highest BCUT2D eigenvalue weighted by Gasteiger charge is 2.35. The molecule has 2 heterocycles. The van der Waals surface area contributed by atoms with Crippen molar-refractivity contribution in [1.82, 2.24) is 15.5 Å². The largest absolute Gasteiger partial charge is 0.355 e. The zero-order valence-electron chi connectivity index (χ0n) is 12.6. The Kier molecular flexibility index (Phi) is 4.88. The highest BCUT2D eigenvalue weighted by molar-refractivity contribution is 5.78. The van der Waals surface area contributed by atoms with Crippen molar-refractivity contribution in [3.63, 3.8) is 0 Å². The lowest BCUT2D eigenvalue weighted by Crippen LogP contribution is -2.49. The van der Waals surface area contributed by atoms with Crippen molar-refractivity contribution in [2.24, 2.45) is 5.92 Å². The average molecular weight is 287 g/mol. The Balaban J connectivity index is 1.41. The van der Waals surface area contributed by atoms with Gasteiger partial charge in [0.15, 0.2) is 0 Å². The maximum Gasteiger partial charge on any atom is 0.234 e. The summed E-state index contributed by atoms with van der Waals surface area (Å²) in [5, 5.41) is 6.52. The topological polar surface area (TPSA) is 44.4 Å². The predicted molar refractivity (Wildman–Crippen MR) is 84.1 cm³/mol. The van der Waals surface area contributed by atoms with Gasteiger partial charge in [-0.2, -0.15) is 0 Å². The van der Waals surface area contributed by atoms with Gasteiger partial charge in [-0.3, -0.25) is 9.69 Å². The molecule has 2 aliphatic rings. The molecule has 2 aliphatic heterocycles. The highest BCUT2D eigenvalue weighted by Crippen LogP contribution is 2.25. The number of hydrogen-bond donors (Lipinski definition) is 2. The first kappa shape index (κ1) is 14.5. The van der Waals surface area contributed by atoms with Crippen LogP contribution < -0.4 is 10.6 Å². The fourth-order valence-electron chi connectivity index (χ4n) is 3.59. The Hall–Kier alpha value is -1.39. The first-order valence-electron chi connectivity index (χ1n) is 8.08. The molecule has 1 amide bonds. The van der Waals surface area contributed by atoms with Crippen molar-refractivity contribution in [1.29, 1.82) is 0 Å². The summed E-state index contributed by atoms with van der Waals surface area (Å²) >= 11 is 0. The molecule has 114 valence electrons. The molecule has 0 bridgehead atoms. The third kappa shape index (κ3) is 3.83. The number of nitrogens with zero attached hydrogens (tertiary/aromatic N) is 1. The molecule has 4 heteroatoms. The van der Waals surface area contributed by atoms with Crippen molar-refractivity contribution in [3.05, 3.63) is 35.9 Å². The molecule has 0 aliphatic carbocycles. The number of nitrogens with one attached hydrogen (secondary N) is 2. The minimum absolute atomic E-state index is 0.165. The number of fused-ring (bicyclic) bond motifs is 1. The number of piperidine rings is 1. The van der Waals surface area contributed by atoms with E-state index in [1.807, 2.05) is 18.2 Å². The van der Waals surface area contributed by atoms with E-state index in [0.717, 1.165) is 38.5 Å². The van der Waals surface area contributed by atoms with Crippen LogP contribution in [0.15, 0.2) is 30.3 Å². The van der Waals surface area contributed by atoms with E-state index < -0.39 is 0 Å². The van der Waals surface area contributed by atoms with E-state index in [0.29, 0.717) is 12.6 Å². The van der Waals surface area contributed by atoms with Gasteiger partial charge >= 0.3 is 0 Å². The van der Waals surface area contributed by atoms with Gasteiger partial charge in [0, 0.05) is 19.1 Å². The van der Waals surface area contributed by atoms with E-state index in [-0.39, 0.29) is 5.91 Å². The number of hydrogen-bond acceptors (Lipinski definition) is 3. The summed E-state index contributed by atoms with van der Waals surface area (Å²) in [6.07, 6.45) is 3.43. The molecule has 2 atom stereocenters. The zero-order chi connectivity index (χ0) is 14.5. The van der Waals surface area contributed by atoms with E-state index >= 15 is 0 Å². The molecule has 21 heavy (non-hydrogen) atoms. The number of rotatable bonds is 5. The first-order chi connectivity index (χ1) is 10.3. The molecular weight excluding hydrogens is 262 g/mol. The van der Waals surface area contributed by atoms with Crippen LogP contribution in [0.4, 0.5) is 0 Å². The number of carbonyl (C=O) groups is 1. The van der Waals surface area contributed by atoms with Crippen LogP contribution >= 0.6 is 0 Å². The summed E-state index contributed by atoms with van der Waals surface area (Å²) in [5.41, 5.74) is 1.27. The third-order valence-corrected chi connectivity index (χ3v) is 4.72. The number of amides is 1. The standard InChI is InChI=1S/C17H25N3O/c21-17(19-9-8-14-5-2-1-3-6-14)13-20-10-4-7-15-11-18-12-16(15)20/h1-3,5-6,15-16,18H,4,7-13H2,(H,19,21). The number of benzene rings is 1. The Morgan fingerprint density at radius 3 is 3.00 bits per heavy atom. The average Bonchev–Trinajstić information content (AvgIpc) is 2.98. The maximum atomic E-state index is 12.1. The second-order valence-electron chi connectivity index (χ2n) is 6.18. The molecule has 4 nitrogen and oxygen atoms in total. The molecule has 1 aromatic rings. The lowest BCUT2D eigenvalue weighted by Gasteiger charge is -2.36. The fraction of sp³-hybridized carbons (Fsp3) is 0.588. The normalized spacial score (nSPS) is 25.5. The van der Waals surface area contributed by atoms with Crippen LogP contribution in [0.25, 0.3) is 0 Å². The van der Waals surface area contributed by atoms with Crippen molar-refractivity contribution >= 4 is 5.91 Å². The van der Waals surface area contributed by atoms with Crippen LogP contribution in [-0.2, 0) is 11.2 Å². The smallest absolute Gasteiger partial charge is 0.234 e. The van der Waals surface area contributed by atoms with Crippen molar-refractivity contribution < 1.29 is 4.79 Å². The summed E-state index contributed by atoms with van der Waals surface area (Å²) in [4.78, 5) is 14.5. The molecule has 0 spiro atoms. The summed E-state index contributed by atoms with van der Waals surface area (Å²) < 4.78 is 0. The van der Waals surface area contributed by atoms with Crippen LogP contribution in [0.1, 0.15) is 18.4 Å². The van der Waals surface area contributed by atoms with Gasteiger partial charge in [0.25, 0.3) is 0 Å². The second-order valence-corrected chi connectivity index (χ2v) is 6.18. The van der Waals surface area contributed by atoms with E-state index in [1.54, 1.807) is 0 Å². The summed E-state index contributed by atoms with van der Waals surface area (Å²) in [6, 6.07) is 10.9. The summed E-state index contributed by atoms with van der Waals surface area (Å²) in [5.74, 6) is 0.911. The molecule has 2 fully saturated rings. The Labute approximate surface area is 126 Å². The monoisotopic (exact) mass is 287 g/mol. The second kappa shape index (κ2) is 7.05. The molecule has 1 aromatic carbocycles. The van der Waals surface area contributed by atoms with Crippen LogP contribution in [0.3, 0.4) is 0 Å². The van der Waals surface area contributed by atoms with Gasteiger partial charge in [-0.15, -0.1) is 0 Å². The number of carbonyl (C=O) groups excluding carboxylic acids is 1. The minimum atomic E-state index is 0.165. The van der Waals surface area contributed by atoms with Gasteiger partial charge in [0.05, 0.1) is 6.54 Å². The molecule has 2 N–H and O–H groups in total. The lowest BCUT2D eigenvalue weighted by molar-refractivity contribution is -0.123. The minimum Gasteiger partial charge on any atom is -0.355 e. The first-order valence-corrected chi connectivity index (χ1v) is 8.08. The van der Waals surface area contributed by atoms with Gasteiger partial charge in [0.2, 0.25) is 5.91 Å². The molecule has 0 radical (unpaired) electrons. The molecule has 0 saturated carbocycles. The maximum absolute atomic E-state index is 12.1. The van der Waals surface area contributed by atoms with Crippen LogP contribution in [0, 0.1) is 5.92 Å². The van der Waals surface area contributed by atoms with E-state index in [9.17, 15) is 4.79 Å². The molecule has 2 saturated heterocycles. The van der Waals surface area contributed by atoms with Gasteiger partial charge < -0.3 is 10.6 Å². The van der Waals surface area contributed by atoms with Gasteiger partial charge in [-0.1, -0.05) is 30.3 Å². The highest BCUT2D eigenvalue weighted by atomic mass is 16.2. The van der Waals surface area contributed by atoms with Gasteiger partial charge in [-0.25, -0.2) is 0 Å². The zero-order valence-corrected chi connectivity index (χ0v) is 12.6. The van der Waals surface area contributed by atoms with E-state index in [4.69, 9.17) is 0 Å². The van der Waals surface area contributed by atoms with Crippen molar-refractivity contribution in [2.45, 2.75) is 25.3 Å². The van der Waals surface area contributed by atoms with Gasteiger partial charge in [-0.05, 0) is 43.8 Å². The summed E-state index contributed by atoms with van der Waals surface area (Å²) in [7, 11) is 0. The molecule has 3 rings (SSSR count). The SMILES string of the molecule is O=C(CN1CCCC2CNCC21)NCCc1ccccc1. The van der Waals surface area contributed by atoms with Crippen LogP contribution in [-0.4, -0.2) is 49.6 Å². The molecule has 0 aromatic heterocycles. The van der Waals surface area contributed by atoms with E-state index in [2.05, 4.69) is 27.7 Å². The third-order valence-electron chi connectivity index (χ3n) is 4.72. The lowest BCUT2D eigenvalue weighted by atomic mass is 9.92. The molecule has 2 unspecified atom stereocenters. The quantitative estimate of drug-likeness (QED) is 0.850. The fourth-order valence-corrected chi connectivity index (χ4v) is 3.59. The Morgan fingerprint density at radius 2 is 2.14 bits per heavy atom. The number of likely N-dealkylation sites (tertiary alicyclic amines) is 1. The van der Waals surface area contributed by atoms with Gasteiger partial charge in [0.1, 0.15) is 0 Å². The van der Waals surface area contributed by atoms with Crippen LogP contribution in [0.5, 0.6) is 0 Å². The van der Waals surface area contributed by atoms with E-state index in [1.165, 1.54) is 18.4 Å². The summed E-state index contributed by atoms with van der Waals surface area (Å²) in [6.45, 7) is 4.51. The Bertz CT molecular complexity index is 462. The molecular formula is C17H25N3O. The predicted octanol–water partition coefficient (Wildman–Crippen LogP) is 1.03. The van der Waals surface area contributed by atoms with Crippen molar-refractivity contribution in [3.8, 4) is 0 Å². The van der Waals surface area contributed by atoms with Crippen LogP contribution in [0.2, 0.25) is 0 Å². The van der Waals surface area contributed by atoms with Crippen molar-refractivity contribution in [2.75, 3.05) is 32.7 Å². The Morgan fingerprint density at radius 1 is 1.29 bits per heavy atom.